The monoisotopic (exact) mass is 788 g/mol. The van der Waals surface area contributed by atoms with E-state index in [4.69, 9.17) is 20.4 Å². The minimum Gasteiger partial charge on any atom is -0.494 e. The van der Waals surface area contributed by atoms with Gasteiger partial charge < -0.3 is 35.5 Å². The van der Waals surface area contributed by atoms with Crippen LogP contribution in [0.2, 0.25) is 0 Å². The number of hydrogen-bond donors (Lipinski definition) is 3. The summed E-state index contributed by atoms with van der Waals surface area (Å²) in [6, 6.07) is 12.6. The number of rotatable bonds is 11. The number of likely N-dealkylation sites (N-methyl/N-ethyl adjacent to an activating group) is 1. The Bertz CT molecular complexity index is 2020. The second kappa shape index (κ2) is 16.3. The van der Waals surface area contributed by atoms with E-state index in [1.807, 2.05) is 24.3 Å². The molecule has 0 radical (unpaired) electrons. The molecule has 2 fully saturated rings. The molecule has 0 saturated carbocycles. The van der Waals surface area contributed by atoms with Gasteiger partial charge in [-0.3, -0.25) is 9.89 Å². The first-order chi connectivity index (χ1) is 25.0. The Balaban J connectivity index is 1.24. The van der Waals surface area contributed by atoms with Crippen LogP contribution in [0.1, 0.15) is 31.0 Å². The van der Waals surface area contributed by atoms with Crippen LogP contribution in [0.25, 0.3) is 16.5 Å². The number of aliphatic imine (C=N–C) groups is 1. The topological polar surface area (TPSA) is 137 Å². The van der Waals surface area contributed by atoms with Gasteiger partial charge in [-0.1, -0.05) is 6.92 Å². The van der Waals surface area contributed by atoms with Gasteiger partial charge in [0.1, 0.15) is 18.7 Å². The van der Waals surface area contributed by atoms with Gasteiger partial charge in [0.25, 0.3) is 0 Å². The third-order valence-electron chi connectivity index (χ3n) is 10.0. The summed E-state index contributed by atoms with van der Waals surface area (Å²) in [5.41, 5.74) is 11.9. The highest BCUT2D eigenvalue weighted by Gasteiger charge is 2.28. The van der Waals surface area contributed by atoms with E-state index in [0.29, 0.717) is 50.1 Å². The molecule has 0 spiro atoms. The number of aromatic nitrogens is 3. The van der Waals surface area contributed by atoms with Crippen LogP contribution in [0.4, 0.5) is 28.8 Å². The summed E-state index contributed by atoms with van der Waals surface area (Å²) in [5.74, 6) is 1.65. The highest BCUT2D eigenvalue weighted by molar-refractivity contribution is 9.10. The minimum absolute atomic E-state index is 0.398. The second-order valence-corrected chi connectivity index (χ2v) is 17.8. The third-order valence-corrected chi connectivity index (χ3v) is 12.1. The zero-order valence-electron chi connectivity index (χ0n) is 31.0. The van der Waals surface area contributed by atoms with E-state index in [1.54, 1.807) is 39.9 Å². The lowest BCUT2D eigenvalue weighted by Crippen LogP contribution is -2.52. The summed E-state index contributed by atoms with van der Waals surface area (Å²) in [5, 5.41) is 8.32. The first kappa shape index (κ1) is 37.7. The van der Waals surface area contributed by atoms with E-state index in [2.05, 4.69) is 77.3 Å². The number of allylic oxidation sites excluding steroid dienone is 1. The molecule has 276 valence electrons. The fourth-order valence-corrected chi connectivity index (χ4v) is 9.01. The molecule has 2 aliphatic heterocycles. The summed E-state index contributed by atoms with van der Waals surface area (Å²) in [6.07, 6.45) is 8.06. The molecule has 2 aromatic heterocycles. The molecule has 0 unspecified atom stereocenters. The predicted molar refractivity (Wildman–Crippen MR) is 220 cm³/mol. The number of benzene rings is 2. The van der Waals surface area contributed by atoms with Crippen molar-refractivity contribution in [3.8, 4) is 5.75 Å². The van der Waals surface area contributed by atoms with Gasteiger partial charge in [0.15, 0.2) is 0 Å². The van der Waals surface area contributed by atoms with E-state index < -0.39 is 7.14 Å². The van der Waals surface area contributed by atoms with E-state index in [1.165, 1.54) is 30.3 Å². The zero-order chi connectivity index (χ0) is 37.0. The number of anilines is 5. The van der Waals surface area contributed by atoms with E-state index in [0.717, 1.165) is 62.5 Å². The Labute approximate surface area is 315 Å². The molecule has 4 N–H and O–H groups in total. The van der Waals surface area contributed by atoms with Crippen LogP contribution in [-0.4, -0.2) is 111 Å². The van der Waals surface area contributed by atoms with Crippen molar-refractivity contribution in [1.29, 1.82) is 0 Å². The number of hydrogen-bond acceptors (Lipinski definition) is 12. The van der Waals surface area contributed by atoms with Crippen molar-refractivity contribution in [2.75, 3.05) is 89.3 Å². The molecule has 52 heavy (non-hydrogen) atoms. The average molecular weight is 790 g/mol. The molecule has 0 amide bonds. The number of methoxy groups -OCH3 is 1. The largest absolute Gasteiger partial charge is 0.494 e. The van der Waals surface area contributed by atoms with Gasteiger partial charge in [0, 0.05) is 99.0 Å². The van der Waals surface area contributed by atoms with Crippen LogP contribution >= 0.6 is 23.1 Å². The summed E-state index contributed by atoms with van der Waals surface area (Å²) in [4.78, 5) is 25.9. The Morgan fingerprint density at radius 2 is 1.81 bits per heavy atom. The molecule has 14 heteroatoms. The molecule has 0 aliphatic carbocycles. The van der Waals surface area contributed by atoms with Crippen molar-refractivity contribution in [2.24, 2.45) is 10.7 Å². The van der Waals surface area contributed by atoms with Gasteiger partial charge in [-0.15, -0.1) is 0 Å². The quantitative estimate of drug-likeness (QED) is 0.117. The molecule has 4 aromatic rings. The van der Waals surface area contributed by atoms with Crippen molar-refractivity contribution in [1.82, 2.24) is 24.8 Å². The van der Waals surface area contributed by atoms with Gasteiger partial charge in [-0.05, 0) is 91.5 Å². The maximum atomic E-state index is 13.8. The maximum absolute atomic E-state index is 13.8. The van der Waals surface area contributed by atoms with Crippen LogP contribution in [0, 0.1) is 0 Å². The van der Waals surface area contributed by atoms with Crippen molar-refractivity contribution >= 4 is 79.9 Å². The van der Waals surface area contributed by atoms with Crippen molar-refractivity contribution in [3.63, 3.8) is 0 Å². The first-order valence-electron chi connectivity index (χ1n) is 17.8. The lowest BCUT2D eigenvalue weighted by Gasteiger charge is -2.43. The third kappa shape index (κ3) is 8.28. The number of piperidine rings is 1. The highest BCUT2D eigenvalue weighted by Crippen LogP contribution is 2.42. The Kier molecular flexibility index (Phi) is 11.8. The molecular weight excluding hydrogens is 739 g/mol. The van der Waals surface area contributed by atoms with E-state index in [-0.39, 0.29) is 0 Å². The predicted octanol–water partition coefficient (Wildman–Crippen LogP) is 6.31. The maximum Gasteiger partial charge on any atom is 0.229 e. The lowest BCUT2D eigenvalue weighted by molar-refractivity contribution is 0.0982. The van der Waals surface area contributed by atoms with Gasteiger partial charge in [0.2, 0.25) is 5.95 Å². The minimum atomic E-state index is -2.80. The van der Waals surface area contributed by atoms with Gasteiger partial charge in [-0.2, -0.15) is 4.98 Å². The Hall–Kier alpha value is -4.03. The molecule has 12 nitrogen and oxygen atoms in total. The number of nitrogens with zero attached hydrogens (tertiary/aromatic N) is 7. The van der Waals surface area contributed by atoms with Crippen LogP contribution in [0.5, 0.6) is 5.75 Å². The molecule has 6 rings (SSSR count). The van der Waals surface area contributed by atoms with Crippen LogP contribution < -0.4 is 31.3 Å². The van der Waals surface area contributed by atoms with Crippen molar-refractivity contribution in [2.45, 2.75) is 32.2 Å². The molecule has 0 bridgehead atoms. The summed E-state index contributed by atoms with van der Waals surface area (Å²) < 4.78 is 20.4. The van der Waals surface area contributed by atoms with Crippen LogP contribution in [0.15, 0.2) is 58.3 Å². The summed E-state index contributed by atoms with van der Waals surface area (Å²) in [6.45, 7) is 12.4. The molecule has 0 atom stereocenters. The number of ether oxygens (including phenoxy) is 1. The smallest absolute Gasteiger partial charge is 0.229 e. The van der Waals surface area contributed by atoms with Crippen molar-refractivity contribution < 1.29 is 9.30 Å². The zero-order valence-corrected chi connectivity index (χ0v) is 33.5. The number of pyridine rings is 1. The van der Waals surface area contributed by atoms with Gasteiger partial charge >= 0.3 is 0 Å². The van der Waals surface area contributed by atoms with Crippen LogP contribution in [-0.2, 0) is 11.0 Å². The van der Waals surface area contributed by atoms with Gasteiger partial charge in [0.05, 0.1) is 34.2 Å². The van der Waals surface area contributed by atoms with Gasteiger partial charge in [-0.25, -0.2) is 9.97 Å². The number of halogens is 1. The van der Waals surface area contributed by atoms with Crippen molar-refractivity contribution in [3.05, 3.63) is 64.5 Å². The fourth-order valence-electron chi connectivity index (χ4n) is 7.24. The Morgan fingerprint density at radius 1 is 1.06 bits per heavy atom. The number of piperazine rings is 1. The highest BCUT2D eigenvalue weighted by atomic mass is 79.9. The lowest BCUT2D eigenvalue weighted by atomic mass is 9.99. The Morgan fingerprint density at radius 3 is 2.46 bits per heavy atom. The SMILES string of the molecule is CCc1cc(Nc2ncc(Br)c(Nc3ccc4nc(C(C=NC)=CN)ccc4c3P(C)(C)=O)n2)c(OC)cc1N1CCC(N2CCN(C)CC2)CC1. The van der Waals surface area contributed by atoms with Crippen LogP contribution in [0.3, 0.4) is 0 Å². The number of fused-ring (bicyclic) bond motifs is 1. The number of aryl methyl sites for hydroxylation is 1. The molecule has 2 saturated heterocycles. The molecular formula is C38H50BrN10O2P. The molecule has 4 heterocycles. The van der Waals surface area contributed by atoms with E-state index in [9.17, 15) is 4.57 Å². The first-order valence-corrected chi connectivity index (χ1v) is 21.2. The normalized spacial score (nSPS) is 16.9. The van der Waals surface area contributed by atoms with E-state index >= 15 is 0 Å². The molecule has 2 aliphatic rings. The second-order valence-electron chi connectivity index (χ2n) is 13.8. The number of nitrogens with two attached hydrogens (primary N) is 1. The number of nitrogens with one attached hydrogen (secondary N) is 2. The average Bonchev–Trinajstić information content (AvgIpc) is 3.14. The summed E-state index contributed by atoms with van der Waals surface area (Å²) in [7, 11) is 2.80. The fraction of sp³-hybridized carbons (Fsp3) is 0.421. The molecule has 2 aromatic carbocycles. The summed E-state index contributed by atoms with van der Waals surface area (Å²) >= 11 is 3.62. The standard InChI is InChI=1S/C38H50BrN10O2P/c1-7-25-20-33(35(51-4)21-34(25)49-14-12-27(13-15-49)48-18-16-47(3)17-19-48)45-38-42-24-29(39)37(46-38)44-32-11-10-31-28(36(32)52(5,6)50)8-9-30(43-31)26(22-40)23-41-2/h8-11,20-24,27H,7,12-19,40H2,1-6H3,(H2,42,44,45,46).